The Morgan fingerprint density at radius 1 is 1.38 bits per heavy atom. The second-order valence-corrected chi connectivity index (χ2v) is 6.38. The molecule has 134 valence electrons. The Labute approximate surface area is 162 Å². The molecule has 1 aromatic rings. The molecule has 0 bridgehead atoms. The molecule has 0 radical (unpaired) electrons. The molecule has 3 unspecified atom stereocenters. The lowest BCUT2D eigenvalue weighted by atomic mass is 9.75. The van der Waals surface area contributed by atoms with E-state index in [-0.39, 0.29) is 23.5 Å². The third-order valence-electron chi connectivity index (χ3n) is 4.42. The zero-order valence-electron chi connectivity index (χ0n) is 26.0. The molecule has 0 saturated carbocycles. The summed E-state index contributed by atoms with van der Waals surface area (Å²) in [6.07, 6.45) is -7.49. The molecular weight excluding hydrogens is 302 g/mol. The van der Waals surface area contributed by atoms with Gasteiger partial charge < -0.3 is 14.6 Å². The van der Waals surface area contributed by atoms with E-state index in [9.17, 15) is 5.11 Å². The van der Waals surface area contributed by atoms with Gasteiger partial charge in [-0.15, -0.1) is 0 Å². The van der Waals surface area contributed by atoms with Crippen LogP contribution in [-0.4, -0.2) is 43.4 Å². The Hall–Kier alpha value is -1.26. The Bertz CT molecular complexity index is 993. The molecule has 3 atom stereocenters. The lowest BCUT2D eigenvalue weighted by Crippen LogP contribution is -2.48. The van der Waals surface area contributed by atoms with Crippen LogP contribution in [0.3, 0.4) is 0 Å². The van der Waals surface area contributed by atoms with Crippen LogP contribution >= 0.6 is 0 Å². The number of aliphatic hydroxyl groups is 1. The number of fused-ring (bicyclic) bond motifs is 3. The summed E-state index contributed by atoms with van der Waals surface area (Å²) in [4.78, 5) is 1.05. The smallest absolute Gasteiger partial charge is 0.161 e. The molecule has 0 aromatic heterocycles. The van der Waals surface area contributed by atoms with Gasteiger partial charge in [-0.05, 0) is 53.8 Å². The van der Waals surface area contributed by atoms with Crippen LogP contribution in [0.15, 0.2) is 12.1 Å². The van der Waals surface area contributed by atoms with Gasteiger partial charge >= 0.3 is 0 Å². The summed E-state index contributed by atoms with van der Waals surface area (Å²) in [7, 11) is 2.73. The number of aryl methyl sites for hydroxylation is 1. The maximum Gasteiger partial charge on any atom is 0.161 e. The van der Waals surface area contributed by atoms with Gasteiger partial charge in [0.1, 0.15) is 0 Å². The molecule has 4 heteroatoms. The highest BCUT2D eigenvalue weighted by Gasteiger charge is 2.39. The van der Waals surface area contributed by atoms with Crippen LogP contribution in [0.1, 0.15) is 67.0 Å². The van der Waals surface area contributed by atoms with Crippen molar-refractivity contribution in [3.63, 3.8) is 0 Å². The Kier molecular flexibility index (Phi) is 2.18. The normalized spacial score (nSPS) is 40.6. The molecule has 24 heavy (non-hydrogen) atoms. The molecule has 2 heterocycles. The fourth-order valence-electron chi connectivity index (χ4n) is 3.32. The number of hydrogen-bond acceptors (Lipinski definition) is 4. The van der Waals surface area contributed by atoms with Crippen molar-refractivity contribution >= 4 is 0 Å². The highest BCUT2D eigenvalue weighted by Crippen LogP contribution is 2.44. The minimum Gasteiger partial charge on any atom is -0.493 e. The average molecular weight is 346 g/mol. The third kappa shape index (κ3) is 3.40. The van der Waals surface area contributed by atoms with Crippen molar-refractivity contribution in [2.45, 2.75) is 51.9 Å². The first kappa shape index (κ1) is 7.96. The van der Waals surface area contributed by atoms with Gasteiger partial charge in [0.05, 0.1) is 20.3 Å². The first-order chi connectivity index (χ1) is 16.1. The lowest BCUT2D eigenvalue weighted by molar-refractivity contribution is -0.0259. The SMILES string of the molecule is [2H]C([2H])([2H])C(C)(C([2H])([2H])[2H])C([2H])([2H])C1CN2C(CC1O)c1cc(OC)c(OC)cc1C([2H])([2H])C2([2H])[2H]. The Balaban J connectivity index is 2.19. The van der Waals surface area contributed by atoms with Crippen molar-refractivity contribution in [2.75, 3.05) is 27.3 Å². The second kappa shape index (κ2) is 6.57. The van der Waals surface area contributed by atoms with Gasteiger partial charge in [-0.3, -0.25) is 4.90 Å². The van der Waals surface area contributed by atoms with Gasteiger partial charge in [0.15, 0.2) is 11.5 Å². The zero-order chi connectivity index (χ0) is 27.9. The van der Waals surface area contributed by atoms with Crippen molar-refractivity contribution in [1.29, 1.82) is 0 Å². The van der Waals surface area contributed by atoms with Gasteiger partial charge in [-0.1, -0.05) is 20.6 Å². The molecular formula is C20H31NO3. The van der Waals surface area contributed by atoms with Gasteiger partial charge in [0.2, 0.25) is 0 Å². The first-order valence-electron chi connectivity index (χ1n) is 13.8. The number of methoxy groups -OCH3 is 2. The maximum atomic E-state index is 11.1. The molecule has 1 saturated heterocycles. The van der Waals surface area contributed by atoms with E-state index in [4.69, 9.17) is 25.9 Å². The molecule has 1 fully saturated rings. The molecule has 0 amide bonds. The van der Waals surface area contributed by atoms with E-state index in [1.165, 1.54) is 26.4 Å². The van der Waals surface area contributed by atoms with Crippen LogP contribution in [0.25, 0.3) is 0 Å². The summed E-state index contributed by atoms with van der Waals surface area (Å²) in [6.45, 7) is -9.13. The Morgan fingerprint density at radius 2 is 2.08 bits per heavy atom. The van der Waals surface area contributed by atoms with Crippen LogP contribution in [0, 0.1) is 11.3 Å². The highest BCUT2D eigenvalue weighted by atomic mass is 16.5. The number of benzene rings is 1. The number of hydrogen-bond donors (Lipinski definition) is 1. The number of rotatable bonds is 3. The topological polar surface area (TPSA) is 41.9 Å². The van der Waals surface area contributed by atoms with Crippen LogP contribution in [0.4, 0.5) is 0 Å². The molecule has 1 N–H and O–H groups in total. The average Bonchev–Trinajstić information content (AvgIpc) is 2.74. The lowest BCUT2D eigenvalue weighted by Gasteiger charge is -2.47. The quantitative estimate of drug-likeness (QED) is 0.911. The molecule has 2 aliphatic rings. The summed E-state index contributed by atoms with van der Waals surface area (Å²) >= 11 is 0. The predicted molar refractivity (Wildman–Crippen MR) is 95.7 cm³/mol. The largest absolute Gasteiger partial charge is 0.493 e. The molecule has 1 aromatic carbocycles. The number of ether oxygens (including phenoxy) is 2. The number of piperidine rings is 1. The van der Waals surface area contributed by atoms with Crippen LogP contribution in [0.2, 0.25) is 0 Å². The minimum absolute atomic E-state index is 0.0186. The zero-order valence-corrected chi connectivity index (χ0v) is 14.0. The second-order valence-electron chi connectivity index (χ2n) is 6.38. The minimum atomic E-state index is -3.29. The van der Waals surface area contributed by atoms with Crippen LogP contribution in [-0.2, 0) is 6.37 Å². The fourth-order valence-corrected chi connectivity index (χ4v) is 3.32. The molecule has 0 aliphatic carbocycles. The van der Waals surface area contributed by atoms with Crippen molar-refractivity contribution in [1.82, 2.24) is 4.90 Å². The van der Waals surface area contributed by atoms with E-state index < -0.39 is 63.0 Å². The van der Waals surface area contributed by atoms with E-state index in [0.717, 1.165) is 11.8 Å². The molecule has 4 nitrogen and oxygen atoms in total. The highest BCUT2D eigenvalue weighted by molar-refractivity contribution is 5.49. The monoisotopic (exact) mass is 345 g/mol. The van der Waals surface area contributed by atoms with Crippen LogP contribution < -0.4 is 9.47 Å². The standard InChI is InChI=1S/C20H31NO3/c1-20(2,3)11-14-12-21-7-6-13-8-18(23-4)19(24-5)9-15(13)16(21)10-17(14)22/h8-9,14,16-17,22H,6-7,10-12H2,1-5H3/i1D3,2D3,6D2,7D2,11D2. The van der Waals surface area contributed by atoms with Crippen molar-refractivity contribution in [3.8, 4) is 11.5 Å². The third-order valence-corrected chi connectivity index (χ3v) is 4.42. The van der Waals surface area contributed by atoms with Crippen molar-refractivity contribution < 1.29 is 31.0 Å². The maximum absolute atomic E-state index is 11.1. The Morgan fingerprint density at radius 3 is 2.75 bits per heavy atom. The summed E-state index contributed by atoms with van der Waals surface area (Å²) < 4.78 is 110. The van der Waals surface area contributed by atoms with Gasteiger partial charge in [-0.2, -0.15) is 0 Å². The first-order valence-corrected chi connectivity index (χ1v) is 7.82. The van der Waals surface area contributed by atoms with E-state index in [1.54, 1.807) is 0 Å². The summed E-state index contributed by atoms with van der Waals surface area (Å²) in [5.41, 5.74) is -2.61. The molecule has 0 spiro atoms. The fraction of sp³-hybridized carbons (Fsp3) is 0.700. The molecule has 3 rings (SSSR count). The van der Waals surface area contributed by atoms with E-state index >= 15 is 0 Å². The van der Waals surface area contributed by atoms with E-state index in [0.29, 0.717) is 5.56 Å². The van der Waals surface area contributed by atoms with Gasteiger partial charge in [0.25, 0.3) is 0 Å². The summed E-state index contributed by atoms with van der Waals surface area (Å²) in [6, 6.07) is 1.89. The van der Waals surface area contributed by atoms with Crippen molar-refractivity contribution in [3.05, 3.63) is 23.3 Å². The van der Waals surface area contributed by atoms with Crippen LogP contribution in [0.5, 0.6) is 11.5 Å². The van der Waals surface area contributed by atoms with E-state index in [1.807, 2.05) is 0 Å². The number of aliphatic hydroxyl groups excluding tert-OH is 1. The van der Waals surface area contributed by atoms with E-state index in [2.05, 4.69) is 0 Å². The summed E-state index contributed by atoms with van der Waals surface area (Å²) in [5.74, 6) is -1.22. The predicted octanol–water partition coefficient (Wildman–Crippen LogP) is 3.42. The number of nitrogens with zero attached hydrogens (tertiary/aromatic N) is 1. The molecule has 2 aliphatic heterocycles. The van der Waals surface area contributed by atoms with Crippen molar-refractivity contribution in [2.24, 2.45) is 11.3 Å². The van der Waals surface area contributed by atoms with Gasteiger partial charge in [0, 0.05) is 35.5 Å². The van der Waals surface area contributed by atoms with Gasteiger partial charge in [-0.25, -0.2) is 0 Å². The summed E-state index contributed by atoms with van der Waals surface area (Å²) in [5, 5.41) is 11.1.